The topological polar surface area (TPSA) is 150 Å². The number of hydrogen-bond donors (Lipinski definition) is 3. The molecule has 1 aliphatic rings. The number of aliphatic hydroxyl groups is 1. The summed E-state index contributed by atoms with van der Waals surface area (Å²) in [5.41, 5.74) is 2.63. The van der Waals surface area contributed by atoms with Crippen molar-refractivity contribution < 1.29 is 19.5 Å². The minimum atomic E-state index is -1.20. The first-order chi connectivity index (χ1) is 26.9. The summed E-state index contributed by atoms with van der Waals surface area (Å²) in [5.74, 6) is -0.630. The van der Waals surface area contributed by atoms with Crippen LogP contribution in [0.5, 0.6) is 0 Å². The Bertz CT molecular complexity index is 2250. The summed E-state index contributed by atoms with van der Waals surface area (Å²) in [5, 5.41) is 19.3. The van der Waals surface area contributed by atoms with E-state index in [0.717, 1.165) is 23.1 Å². The summed E-state index contributed by atoms with van der Waals surface area (Å²) in [6.45, 7) is 3.78. The number of halogens is 1. The number of nitrogens with zero attached hydrogens (tertiary/aromatic N) is 5. The largest absolute Gasteiger partial charge is 0.388 e. The number of carbonyl (C=O) groups is 3. The maximum atomic E-state index is 14.0. The molecule has 0 bridgehead atoms. The Labute approximate surface area is 331 Å². The minimum Gasteiger partial charge on any atom is -0.388 e. The number of aryl methyl sites for hydroxylation is 1. The van der Waals surface area contributed by atoms with Crippen LogP contribution >= 0.6 is 11.6 Å². The van der Waals surface area contributed by atoms with Gasteiger partial charge in [-0.1, -0.05) is 54.9 Å². The highest BCUT2D eigenvalue weighted by atomic mass is 35.5. The van der Waals surface area contributed by atoms with Crippen LogP contribution in [-0.2, 0) is 29.0 Å². The van der Waals surface area contributed by atoms with Crippen LogP contribution in [0.25, 0.3) is 21.8 Å². The van der Waals surface area contributed by atoms with Crippen molar-refractivity contribution in [3.05, 3.63) is 111 Å². The molecule has 5 aromatic rings. The van der Waals surface area contributed by atoms with Crippen molar-refractivity contribution in [2.45, 2.75) is 64.0 Å². The molecule has 3 N–H and O–H groups in total. The Kier molecular flexibility index (Phi) is 13.1. The fourth-order valence-corrected chi connectivity index (χ4v) is 7.48. The van der Waals surface area contributed by atoms with Gasteiger partial charge in [0.05, 0.1) is 39.9 Å². The standard InChI is InChI=1S/C43H50ClN7O5/c1-4-32-25-36(44)34-14-12-30(24-38(34)47-32)40(53)45-19-8-11-31(23-29-9-6-5-7-10-29)41(54)50-21-17-43(56,18-22-50)27-51-28-46-37-26-33(13-15-35(37)42(51)55)48-39(52)16-20-49(2)3/h5-7,9-10,12-15,24-26,28,31,56H,4,8,11,16-23,27H2,1-3H3,(H,45,53)(H,48,52). The average molecular weight is 780 g/mol. The first-order valence-corrected chi connectivity index (χ1v) is 19.7. The quantitative estimate of drug-likeness (QED) is 0.119. The van der Waals surface area contributed by atoms with Gasteiger partial charge >= 0.3 is 0 Å². The Morgan fingerprint density at radius 2 is 1.73 bits per heavy atom. The van der Waals surface area contributed by atoms with E-state index in [9.17, 15) is 24.3 Å². The van der Waals surface area contributed by atoms with Crippen molar-refractivity contribution in [2.24, 2.45) is 5.92 Å². The molecule has 294 valence electrons. The zero-order valence-corrected chi connectivity index (χ0v) is 33.0. The highest BCUT2D eigenvalue weighted by molar-refractivity contribution is 6.35. The van der Waals surface area contributed by atoms with Gasteiger partial charge in [0.25, 0.3) is 11.5 Å². The molecule has 3 aromatic carbocycles. The third kappa shape index (κ3) is 10.2. The van der Waals surface area contributed by atoms with Gasteiger partial charge in [-0.25, -0.2) is 4.98 Å². The van der Waals surface area contributed by atoms with Gasteiger partial charge in [-0.05, 0) is 94.6 Å². The summed E-state index contributed by atoms with van der Waals surface area (Å²) in [7, 11) is 3.80. The lowest BCUT2D eigenvalue weighted by Crippen LogP contribution is -2.51. The van der Waals surface area contributed by atoms with Gasteiger partial charge < -0.3 is 25.5 Å². The second kappa shape index (κ2) is 18.2. The molecule has 1 fully saturated rings. The second-order valence-electron chi connectivity index (χ2n) is 15.0. The molecule has 0 saturated carbocycles. The first-order valence-electron chi connectivity index (χ1n) is 19.3. The van der Waals surface area contributed by atoms with Gasteiger partial charge in [0.15, 0.2) is 0 Å². The van der Waals surface area contributed by atoms with Crippen LogP contribution in [0.4, 0.5) is 5.69 Å². The van der Waals surface area contributed by atoms with Crippen LogP contribution in [0.1, 0.15) is 60.6 Å². The van der Waals surface area contributed by atoms with Gasteiger partial charge in [-0.15, -0.1) is 0 Å². The molecule has 2 aromatic heterocycles. The molecule has 12 nitrogen and oxygen atoms in total. The fraction of sp³-hybridized carbons (Fsp3) is 0.395. The van der Waals surface area contributed by atoms with E-state index in [1.807, 2.05) is 73.3 Å². The number of likely N-dealkylation sites (tertiary alicyclic amines) is 1. The molecule has 3 amide bonds. The number of nitrogens with one attached hydrogen (secondary N) is 2. The molecule has 1 saturated heterocycles. The van der Waals surface area contributed by atoms with Crippen molar-refractivity contribution in [2.75, 3.05) is 45.6 Å². The van der Waals surface area contributed by atoms with E-state index >= 15 is 0 Å². The van der Waals surface area contributed by atoms with E-state index in [2.05, 4.69) is 20.6 Å². The lowest BCUT2D eigenvalue weighted by Gasteiger charge is -2.39. The van der Waals surface area contributed by atoms with E-state index in [0.29, 0.717) is 97.4 Å². The van der Waals surface area contributed by atoms with Crippen LogP contribution < -0.4 is 16.2 Å². The third-order valence-electron chi connectivity index (χ3n) is 10.5. The minimum absolute atomic E-state index is 0.0144. The summed E-state index contributed by atoms with van der Waals surface area (Å²) in [6.07, 6.45) is 4.86. The Balaban J connectivity index is 1.05. The van der Waals surface area contributed by atoms with E-state index < -0.39 is 5.60 Å². The lowest BCUT2D eigenvalue weighted by atomic mass is 9.88. The van der Waals surface area contributed by atoms with Gasteiger partial charge in [0.2, 0.25) is 11.8 Å². The number of fused-ring (bicyclic) bond motifs is 2. The van der Waals surface area contributed by atoms with E-state index in [4.69, 9.17) is 11.6 Å². The number of rotatable bonds is 15. The lowest BCUT2D eigenvalue weighted by molar-refractivity contribution is -0.140. The molecule has 0 aliphatic carbocycles. The predicted octanol–water partition coefficient (Wildman–Crippen LogP) is 5.47. The first kappa shape index (κ1) is 40.5. The number of aromatic nitrogens is 3. The number of carbonyl (C=O) groups excluding carboxylic acids is 3. The van der Waals surface area contributed by atoms with E-state index in [1.165, 1.54) is 10.9 Å². The number of pyridine rings is 1. The van der Waals surface area contributed by atoms with Crippen LogP contribution in [0, 0.1) is 5.92 Å². The molecular weight excluding hydrogens is 730 g/mol. The Morgan fingerprint density at radius 3 is 2.46 bits per heavy atom. The average Bonchev–Trinajstić information content (AvgIpc) is 3.19. The van der Waals surface area contributed by atoms with Crippen LogP contribution in [0.2, 0.25) is 5.02 Å². The molecule has 0 radical (unpaired) electrons. The molecule has 13 heteroatoms. The summed E-state index contributed by atoms with van der Waals surface area (Å²) in [4.78, 5) is 65.7. The summed E-state index contributed by atoms with van der Waals surface area (Å²) >= 11 is 6.43. The molecule has 3 heterocycles. The Hall–Kier alpha value is -5.17. The smallest absolute Gasteiger partial charge is 0.261 e. The van der Waals surface area contributed by atoms with E-state index in [1.54, 1.807) is 30.3 Å². The highest BCUT2D eigenvalue weighted by Gasteiger charge is 2.36. The van der Waals surface area contributed by atoms with E-state index in [-0.39, 0.29) is 35.7 Å². The molecule has 6 rings (SSSR count). The predicted molar refractivity (Wildman–Crippen MR) is 220 cm³/mol. The molecule has 56 heavy (non-hydrogen) atoms. The van der Waals surface area contributed by atoms with Gasteiger partial charge in [-0.2, -0.15) is 0 Å². The van der Waals surface area contributed by atoms with Crippen molar-refractivity contribution in [3.8, 4) is 0 Å². The Morgan fingerprint density at radius 1 is 0.982 bits per heavy atom. The number of anilines is 1. The molecule has 1 aliphatic heterocycles. The van der Waals surface area contributed by atoms with Crippen LogP contribution in [-0.4, -0.2) is 93.0 Å². The van der Waals surface area contributed by atoms with Crippen LogP contribution in [0.15, 0.2) is 83.9 Å². The van der Waals surface area contributed by atoms with Crippen LogP contribution in [0.3, 0.4) is 0 Å². The fourth-order valence-electron chi connectivity index (χ4n) is 7.20. The zero-order valence-electron chi connectivity index (χ0n) is 32.3. The SMILES string of the molecule is CCc1cc(Cl)c2ccc(C(=O)NCCCC(Cc3ccccc3)C(=O)N3CCC(O)(Cn4cnc5cc(NC(=O)CCN(C)C)ccc5c4=O)CC3)cc2n1. The molecule has 1 unspecified atom stereocenters. The second-order valence-corrected chi connectivity index (χ2v) is 15.4. The van der Waals surface area contributed by atoms with Crippen molar-refractivity contribution in [1.29, 1.82) is 0 Å². The molecule has 1 atom stereocenters. The van der Waals surface area contributed by atoms with Crippen molar-refractivity contribution >= 4 is 56.8 Å². The normalized spacial score (nSPS) is 14.6. The number of amides is 3. The van der Waals surface area contributed by atoms with Crippen molar-refractivity contribution in [1.82, 2.24) is 29.7 Å². The molecular formula is C43H50ClN7O5. The maximum Gasteiger partial charge on any atom is 0.261 e. The number of piperidine rings is 1. The number of hydrogen-bond acceptors (Lipinski definition) is 8. The maximum absolute atomic E-state index is 14.0. The highest BCUT2D eigenvalue weighted by Crippen LogP contribution is 2.28. The van der Waals surface area contributed by atoms with Gasteiger partial charge in [-0.3, -0.25) is 28.7 Å². The van der Waals surface area contributed by atoms with Gasteiger partial charge in [0.1, 0.15) is 0 Å². The van der Waals surface area contributed by atoms with Gasteiger partial charge in [0, 0.05) is 60.8 Å². The van der Waals surface area contributed by atoms with Crippen molar-refractivity contribution in [3.63, 3.8) is 0 Å². The summed E-state index contributed by atoms with van der Waals surface area (Å²) < 4.78 is 1.42. The zero-order chi connectivity index (χ0) is 39.8. The third-order valence-corrected chi connectivity index (χ3v) is 10.8. The number of benzene rings is 3. The summed E-state index contributed by atoms with van der Waals surface area (Å²) in [6, 6.07) is 22.1. The monoisotopic (exact) mass is 779 g/mol. The molecule has 0 spiro atoms.